The summed E-state index contributed by atoms with van der Waals surface area (Å²) in [7, 11) is 0. The third kappa shape index (κ3) is 3.16. The lowest BCUT2D eigenvalue weighted by atomic mass is 9.94. The fourth-order valence-electron chi connectivity index (χ4n) is 3.89. The van der Waals surface area contributed by atoms with Crippen LogP contribution in [0.15, 0.2) is 48.5 Å². The van der Waals surface area contributed by atoms with Crippen LogP contribution in [0, 0.1) is 0 Å². The van der Waals surface area contributed by atoms with E-state index >= 15 is 0 Å². The van der Waals surface area contributed by atoms with Crippen LogP contribution in [0.5, 0.6) is 0 Å². The minimum absolute atomic E-state index is 0.0494. The lowest BCUT2D eigenvalue weighted by Gasteiger charge is -2.22. The monoisotopic (exact) mass is 335 g/mol. The van der Waals surface area contributed by atoms with Gasteiger partial charge in [-0.05, 0) is 35.1 Å². The van der Waals surface area contributed by atoms with Crippen molar-refractivity contribution in [1.82, 2.24) is 5.32 Å². The minimum atomic E-state index is -0.388. The van der Waals surface area contributed by atoms with E-state index in [1.54, 1.807) is 0 Å². The summed E-state index contributed by atoms with van der Waals surface area (Å²) in [5, 5.41) is 2.90. The van der Waals surface area contributed by atoms with Gasteiger partial charge in [-0.25, -0.2) is 4.79 Å². The van der Waals surface area contributed by atoms with Crippen molar-refractivity contribution in [3.63, 3.8) is 0 Å². The molecule has 4 heteroatoms. The van der Waals surface area contributed by atoms with Gasteiger partial charge in [-0.3, -0.25) is 4.79 Å². The molecule has 0 atom stereocenters. The molecule has 0 spiro atoms. The normalized spacial score (nSPS) is 17.0. The third-order valence-electron chi connectivity index (χ3n) is 5.21. The first-order valence-electron chi connectivity index (χ1n) is 8.85. The van der Waals surface area contributed by atoms with E-state index in [0.717, 1.165) is 0 Å². The van der Waals surface area contributed by atoms with Crippen LogP contribution in [-0.4, -0.2) is 24.5 Å². The van der Waals surface area contributed by atoms with Crippen molar-refractivity contribution in [1.29, 1.82) is 0 Å². The maximum Gasteiger partial charge on any atom is 0.407 e. The van der Waals surface area contributed by atoms with Gasteiger partial charge in [0, 0.05) is 24.8 Å². The highest BCUT2D eigenvalue weighted by atomic mass is 16.5. The largest absolute Gasteiger partial charge is 0.449 e. The van der Waals surface area contributed by atoms with Crippen LogP contribution < -0.4 is 5.32 Å². The summed E-state index contributed by atoms with van der Waals surface area (Å²) in [6.07, 6.45) is 2.13. The summed E-state index contributed by atoms with van der Waals surface area (Å²) in [6, 6.07) is 16.6. The van der Waals surface area contributed by atoms with E-state index in [9.17, 15) is 9.59 Å². The highest BCUT2D eigenvalue weighted by Crippen LogP contribution is 2.44. The van der Waals surface area contributed by atoms with Crippen LogP contribution in [0.3, 0.4) is 0 Å². The Morgan fingerprint density at radius 2 is 1.52 bits per heavy atom. The van der Waals surface area contributed by atoms with Crippen LogP contribution in [0.1, 0.15) is 42.7 Å². The number of benzene rings is 2. The Kier molecular flexibility index (Phi) is 4.26. The molecule has 1 N–H and O–H groups in total. The van der Waals surface area contributed by atoms with Gasteiger partial charge in [0.05, 0.1) is 0 Å². The van der Waals surface area contributed by atoms with E-state index in [2.05, 4.69) is 29.6 Å². The fourth-order valence-corrected chi connectivity index (χ4v) is 3.89. The van der Waals surface area contributed by atoms with Gasteiger partial charge in [-0.15, -0.1) is 0 Å². The molecule has 0 saturated heterocycles. The van der Waals surface area contributed by atoms with Gasteiger partial charge >= 0.3 is 6.09 Å². The Balaban J connectivity index is 1.43. The number of alkyl carbamates (subject to hydrolysis) is 1. The smallest absolute Gasteiger partial charge is 0.407 e. The quantitative estimate of drug-likeness (QED) is 0.921. The Morgan fingerprint density at radius 3 is 2.12 bits per heavy atom. The first kappa shape index (κ1) is 15.9. The van der Waals surface area contributed by atoms with Gasteiger partial charge in [0.25, 0.3) is 0 Å². The van der Waals surface area contributed by atoms with Gasteiger partial charge in [0.2, 0.25) is 0 Å². The van der Waals surface area contributed by atoms with Crippen LogP contribution in [0.25, 0.3) is 11.1 Å². The Labute approximate surface area is 147 Å². The van der Waals surface area contributed by atoms with E-state index in [-0.39, 0.29) is 23.8 Å². The molecule has 128 valence electrons. The molecule has 0 aromatic heterocycles. The number of hydrogen-bond acceptors (Lipinski definition) is 3. The summed E-state index contributed by atoms with van der Waals surface area (Å²) in [5.41, 5.74) is 4.86. The maximum atomic E-state index is 12.2. The zero-order valence-electron chi connectivity index (χ0n) is 14.0. The zero-order chi connectivity index (χ0) is 17.2. The number of carbonyl (C=O) groups excluding carboxylic acids is 2. The molecular weight excluding hydrogens is 314 g/mol. The SMILES string of the molecule is O=C1CCC(NC(=O)OCC2c3ccccc3-c3ccccc32)CC1. The number of rotatable bonds is 3. The second-order valence-electron chi connectivity index (χ2n) is 6.78. The molecule has 1 saturated carbocycles. The molecular formula is C21H21NO3. The molecule has 1 fully saturated rings. The summed E-state index contributed by atoms with van der Waals surface area (Å²) >= 11 is 0. The number of nitrogens with one attached hydrogen (secondary N) is 1. The predicted octanol–water partition coefficient (Wildman–Crippen LogP) is 4.04. The van der Waals surface area contributed by atoms with Gasteiger partial charge in [-0.2, -0.15) is 0 Å². The molecule has 2 aliphatic rings. The number of carbonyl (C=O) groups is 2. The van der Waals surface area contributed by atoms with E-state index in [4.69, 9.17) is 4.74 Å². The van der Waals surface area contributed by atoms with Crippen molar-refractivity contribution in [2.24, 2.45) is 0 Å². The first-order valence-corrected chi connectivity index (χ1v) is 8.85. The Morgan fingerprint density at radius 1 is 0.960 bits per heavy atom. The second kappa shape index (κ2) is 6.71. The van der Waals surface area contributed by atoms with Crippen molar-refractivity contribution in [3.05, 3.63) is 59.7 Å². The zero-order valence-corrected chi connectivity index (χ0v) is 14.0. The summed E-state index contributed by atoms with van der Waals surface area (Å²) in [5.74, 6) is 0.358. The Hall–Kier alpha value is -2.62. The van der Waals surface area contributed by atoms with E-state index in [1.165, 1.54) is 22.3 Å². The molecule has 0 bridgehead atoms. The molecule has 4 nitrogen and oxygen atoms in total. The molecule has 2 aromatic carbocycles. The number of hydrogen-bond donors (Lipinski definition) is 1. The van der Waals surface area contributed by atoms with Crippen molar-refractivity contribution in [2.75, 3.05) is 6.61 Å². The van der Waals surface area contributed by atoms with Crippen LogP contribution in [0.2, 0.25) is 0 Å². The molecule has 0 aliphatic heterocycles. The molecule has 2 aliphatic carbocycles. The van der Waals surface area contributed by atoms with Crippen molar-refractivity contribution in [3.8, 4) is 11.1 Å². The van der Waals surface area contributed by atoms with Crippen LogP contribution >= 0.6 is 0 Å². The van der Waals surface area contributed by atoms with Gasteiger partial charge in [-0.1, -0.05) is 48.5 Å². The van der Waals surface area contributed by atoms with Crippen LogP contribution in [-0.2, 0) is 9.53 Å². The fraction of sp³-hybridized carbons (Fsp3) is 0.333. The lowest BCUT2D eigenvalue weighted by molar-refractivity contribution is -0.120. The van der Waals surface area contributed by atoms with Gasteiger partial charge in [0.1, 0.15) is 12.4 Å². The molecule has 0 heterocycles. The second-order valence-corrected chi connectivity index (χ2v) is 6.78. The topological polar surface area (TPSA) is 55.4 Å². The average molecular weight is 335 g/mol. The number of amides is 1. The summed E-state index contributed by atoms with van der Waals surface area (Å²) < 4.78 is 5.53. The van der Waals surface area contributed by atoms with E-state index < -0.39 is 0 Å². The maximum absolute atomic E-state index is 12.2. The predicted molar refractivity (Wildman–Crippen MR) is 95.5 cm³/mol. The minimum Gasteiger partial charge on any atom is -0.449 e. The third-order valence-corrected chi connectivity index (χ3v) is 5.21. The first-order chi connectivity index (χ1) is 12.2. The average Bonchev–Trinajstić information content (AvgIpc) is 2.96. The van der Waals surface area contributed by atoms with Crippen LogP contribution in [0.4, 0.5) is 4.79 Å². The number of Topliss-reactive ketones (excluding diaryl/α,β-unsaturated/α-hetero) is 1. The molecule has 0 radical (unpaired) electrons. The van der Waals surface area contributed by atoms with Crippen molar-refractivity contribution < 1.29 is 14.3 Å². The number of fused-ring (bicyclic) bond motifs is 3. The van der Waals surface area contributed by atoms with Crippen molar-refractivity contribution >= 4 is 11.9 Å². The standard InChI is InChI=1S/C21H21NO3/c23-15-11-9-14(10-12-15)22-21(24)25-13-20-18-7-3-1-5-16(18)17-6-2-4-8-19(17)20/h1-8,14,20H,9-13H2,(H,22,24). The van der Waals surface area contributed by atoms with Gasteiger partial charge in [0.15, 0.2) is 0 Å². The highest BCUT2D eigenvalue weighted by molar-refractivity contribution is 5.80. The van der Waals surface area contributed by atoms with Gasteiger partial charge < -0.3 is 10.1 Å². The highest BCUT2D eigenvalue weighted by Gasteiger charge is 2.29. The lowest BCUT2D eigenvalue weighted by Crippen LogP contribution is -2.38. The molecule has 4 rings (SSSR count). The summed E-state index contributed by atoms with van der Waals surface area (Å²) in [6.45, 7) is 0.325. The summed E-state index contributed by atoms with van der Waals surface area (Å²) in [4.78, 5) is 23.4. The molecule has 25 heavy (non-hydrogen) atoms. The molecule has 0 unspecified atom stereocenters. The van der Waals surface area contributed by atoms with Crippen molar-refractivity contribution in [2.45, 2.75) is 37.6 Å². The molecule has 1 amide bonds. The van der Waals surface area contributed by atoms with E-state index in [0.29, 0.717) is 32.3 Å². The molecule has 2 aromatic rings. The Bertz CT molecular complexity index is 759. The number of ether oxygens (including phenoxy) is 1. The number of ketones is 1. The van der Waals surface area contributed by atoms with E-state index in [1.807, 2.05) is 24.3 Å².